The number of hydrogen-bond acceptors (Lipinski definition) is 5. The van der Waals surface area contributed by atoms with Crippen LogP contribution in [0.15, 0.2) is 76.8 Å². The van der Waals surface area contributed by atoms with Gasteiger partial charge in [0.15, 0.2) is 0 Å². The minimum absolute atomic E-state index is 0.286. The van der Waals surface area contributed by atoms with Crippen LogP contribution in [-0.2, 0) is 0 Å². The topological polar surface area (TPSA) is 79.2 Å². The average Bonchev–Trinajstić information content (AvgIpc) is 3.10. The molecule has 1 heterocycles. The Hall–Kier alpha value is -2.84. The zero-order chi connectivity index (χ0) is 28.2. The molecule has 1 aliphatic heterocycles. The Morgan fingerprint density at radius 3 is 2.52 bits per heavy atom. The SMILES string of the molecule is CC1CCC2=C(CCN(C(=O)Oc3ccc(Cl)cc3)C2c2ccc(OCC[C@H](O)CO)cc2)c2cc(Br)ccc21. The lowest BCUT2D eigenvalue weighted by atomic mass is 9.84. The summed E-state index contributed by atoms with van der Waals surface area (Å²) in [5.41, 5.74) is 6.13. The van der Waals surface area contributed by atoms with Crippen LogP contribution in [0.4, 0.5) is 4.79 Å². The van der Waals surface area contributed by atoms with Crippen LogP contribution in [-0.4, -0.2) is 47.1 Å². The number of benzene rings is 3. The monoisotopic (exact) mass is 625 g/mol. The summed E-state index contributed by atoms with van der Waals surface area (Å²) in [5.74, 6) is 1.51. The van der Waals surface area contributed by atoms with E-state index in [9.17, 15) is 9.90 Å². The van der Waals surface area contributed by atoms with Crippen molar-refractivity contribution in [2.24, 2.45) is 0 Å². The predicted molar refractivity (Wildman–Crippen MR) is 160 cm³/mol. The number of carbonyl (C=O) groups excluding carboxylic acids is 1. The van der Waals surface area contributed by atoms with Crippen LogP contribution < -0.4 is 9.47 Å². The molecule has 0 saturated heterocycles. The first kappa shape index (κ1) is 28.7. The van der Waals surface area contributed by atoms with E-state index in [1.807, 2.05) is 29.2 Å². The van der Waals surface area contributed by atoms with Gasteiger partial charge in [0, 0.05) is 22.5 Å². The number of hydrogen-bond donors (Lipinski definition) is 2. The standard InChI is InChI=1S/C32H33BrClNO5/c1-20-2-12-29-28(30-18-22(33)5-13-27(20)30)14-16-35(32(38)40-26-10-6-23(34)7-11-26)31(29)21-3-8-25(9-4-21)39-17-15-24(37)19-36/h3-11,13,18,20,24,31,36-37H,2,12,14-17,19H2,1H3/t20?,24-,31?/m0/s1. The fraction of sp³-hybridized carbons (Fsp3) is 0.344. The van der Waals surface area contributed by atoms with E-state index >= 15 is 0 Å². The summed E-state index contributed by atoms with van der Waals surface area (Å²) in [6, 6.07) is 20.8. The van der Waals surface area contributed by atoms with Gasteiger partial charge in [-0.25, -0.2) is 4.79 Å². The predicted octanol–water partition coefficient (Wildman–Crippen LogP) is 7.52. The average molecular weight is 627 g/mol. The zero-order valence-corrected chi connectivity index (χ0v) is 24.7. The molecule has 1 aliphatic carbocycles. The fourth-order valence-corrected chi connectivity index (χ4v) is 6.09. The van der Waals surface area contributed by atoms with Crippen LogP contribution >= 0.6 is 27.5 Å². The normalized spacial score (nSPS) is 19.4. The van der Waals surface area contributed by atoms with E-state index in [1.165, 1.54) is 22.3 Å². The Balaban J connectivity index is 1.50. The van der Waals surface area contributed by atoms with Gasteiger partial charge in [-0.3, -0.25) is 4.90 Å². The number of halogens is 2. The van der Waals surface area contributed by atoms with Crippen molar-refractivity contribution in [1.82, 2.24) is 4.90 Å². The highest BCUT2D eigenvalue weighted by molar-refractivity contribution is 9.10. The van der Waals surface area contributed by atoms with Crippen molar-refractivity contribution in [3.8, 4) is 11.5 Å². The van der Waals surface area contributed by atoms with E-state index in [4.69, 9.17) is 26.2 Å². The molecule has 210 valence electrons. The second kappa shape index (κ2) is 12.8. The quantitative estimate of drug-likeness (QED) is 0.284. The van der Waals surface area contributed by atoms with E-state index in [1.54, 1.807) is 24.3 Å². The first-order valence-electron chi connectivity index (χ1n) is 13.6. The summed E-state index contributed by atoms with van der Waals surface area (Å²) in [4.78, 5) is 15.5. The number of aliphatic hydroxyl groups is 2. The highest BCUT2D eigenvalue weighted by atomic mass is 79.9. The number of aliphatic hydroxyl groups excluding tert-OH is 2. The maximum Gasteiger partial charge on any atom is 0.416 e. The molecule has 0 spiro atoms. The van der Waals surface area contributed by atoms with Crippen molar-refractivity contribution in [3.05, 3.63) is 98.5 Å². The molecular weight excluding hydrogens is 594 g/mol. The van der Waals surface area contributed by atoms with Crippen molar-refractivity contribution in [1.29, 1.82) is 0 Å². The number of ether oxygens (including phenoxy) is 2. The summed E-state index contributed by atoms with van der Waals surface area (Å²) in [6.45, 7) is 2.80. The van der Waals surface area contributed by atoms with E-state index in [0.717, 1.165) is 29.3 Å². The third-order valence-electron chi connectivity index (χ3n) is 7.73. The summed E-state index contributed by atoms with van der Waals surface area (Å²) in [6.07, 6.45) is 1.74. The van der Waals surface area contributed by atoms with Gasteiger partial charge in [-0.15, -0.1) is 0 Å². The van der Waals surface area contributed by atoms with Crippen LogP contribution in [0.3, 0.4) is 0 Å². The second-order valence-electron chi connectivity index (χ2n) is 10.4. The minimum atomic E-state index is -0.798. The largest absolute Gasteiger partial charge is 0.493 e. The smallest absolute Gasteiger partial charge is 0.416 e. The van der Waals surface area contributed by atoms with Crippen LogP contribution in [0.2, 0.25) is 5.02 Å². The molecule has 0 aromatic heterocycles. The Labute approximate surface area is 248 Å². The Morgan fingerprint density at radius 2 is 1.80 bits per heavy atom. The molecule has 3 aromatic rings. The Kier molecular flexibility index (Phi) is 9.16. The molecule has 0 radical (unpaired) electrons. The molecule has 2 aliphatic rings. The van der Waals surface area contributed by atoms with Gasteiger partial charge in [0.2, 0.25) is 0 Å². The summed E-state index contributed by atoms with van der Waals surface area (Å²) >= 11 is 9.70. The molecule has 40 heavy (non-hydrogen) atoms. The molecule has 6 nitrogen and oxygen atoms in total. The van der Waals surface area contributed by atoms with Crippen LogP contribution in [0.25, 0.3) is 5.57 Å². The molecule has 0 fully saturated rings. The van der Waals surface area contributed by atoms with Gasteiger partial charge in [0.05, 0.1) is 25.4 Å². The zero-order valence-electron chi connectivity index (χ0n) is 22.4. The fourth-order valence-electron chi connectivity index (χ4n) is 5.61. The molecule has 3 aromatic carbocycles. The van der Waals surface area contributed by atoms with Crippen molar-refractivity contribution in [2.45, 2.75) is 50.7 Å². The molecule has 3 atom stereocenters. The maximum absolute atomic E-state index is 13.6. The van der Waals surface area contributed by atoms with Gasteiger partial charge < -0.3 is 19.7 Å². The summed E-state index contributed by atoms with van der Waals surface area (Å²) in [5, 5.41) is 19.2. The van der Waals surface area contributed by atoms with E-state index < -0.39 is 12.2 Å². The van der Waals surface area contributed by atoms with Gasteiger partial charge >= 0.3 is 6.09 Å². The van der Waals surface area contributed by atoms with Crippen molar-refractivity contribution in [3.63, 3.8) is 0 Å². The first-order valence-corrected chi connectivity index (χ1v) is 14.8. The molecule has 1 amide bonds. The van der Waals surface area contributed by atoms with E-state index in [2.05, 4.69) is 41.1 Å². The third-order valence-corrected chi connectivity index (χ3v) is 8.48. The molecule has 2 unspecified atom stereocenters. The highest BCUT2D eigenvalue weighted by Crippen LogP contribution is 2.48. The molecule has 0 bridgehead atoms. The van der Waals surface area contributed by atoms with Gasteiger partial charge in [0.1, 0.15) is 11.5 Å². The van der Waals surface area contributed by atoms with Gasteiger partial charge in [-0.2, -0.15) is 0 Å². The van der Waals surface area contributed by atoms with E-state index in [0.29, 0.717) is 42.0 Å². The van der Waals surface area contributed by atoms with Gasteiger partial charge in [-0.1, -0.05) is 52.7 Å². The molecule has 8 heteroatoms. The van der Waals surface area contributed by atoms with Crippen LogP contribution in [0.1, 0.15) is 61.3 Å². The number of rotatable bonds is 7. The third kappa shape index (κ3) is 6.39. The summed E-state index contributed by atoms with van der Waals surface area (Å²) in [7, 11) is 0. The first-order chi connectivity index (χ1) is 19.3. The lowest BCUT2D eigenvalue weighted by Gasteiger charge is -2.38. The lowest BCUT2D eigenvalue weighted by molar-refractivity contribution is 0.0754. The van der Waals surface area contributed by atoms with Crippen LogP contribution in [0, 0.1) is 0 Å². The van der Waals surface area contributed by atoms with Crippen LogP contribution in [0.5, 0.6) is 11.5 Å². The van der Waals surface area contributed by atoms with Crippen molar-refractivity contribution in [2.75, 3.05) is 19.8 Å². The van der Waals surface area contributed by atoms with Crippen molar-refractivity contribution < 1.29 is 24.5 Å². The molecule has 0 saturated carbocycles. The molecular formula is C32H33BrClNO5. The number of amides is 1. The lowest BCUT2D eigenvalue weighted by Crippen LogP contribution is -2.41. The van der Waals surface area contributed by atoms with Gasteiger partial charge in [0.25, 0.3) is 0 Å². The Morgan fingerprint density at radius 1 is 1.07 bits per heavy atom. The highest BCUT2D eigenvalue weighted by Gasteiger charge is 2.37. The van der Waals surface area contributed by atoms with E-state index in [-0.39, 0.29) is 12.6 Å². The number of nitrogens with zero attached hydrogens (tertiary/aromatic N) is 1. The summed E-state index contributed by atoms with van der Waals surface area (Å²) < 4.78 is 12.6. The molecule has 2 N–H and O–H groups in total. The second-order valence-corrected chi connectivity index (χ2v) is 11.7. The Bertz CT molecular complexity index is 1380. The van der Waals surface area contributed by atoms with Crippen molar-refractivity contribution >= 4 is 39.2 Å². The maximum atomic E-state index is 13.6. The number of carbonyl (C=O) groups is 1. The minimum Gasteiger partial charge on any atom is -0.493 e. The number of fused-ring (bicyclic) bond motifs is 2. The molecule has 5 rings (SSSR count). The van der Waals surface area contributed by atoms with Gasteiger partial charge in [-0.05, 0) is 102 Å².